The number of hydrogen-bond acceptors (Lipinski definition) is 4. The fourth-order valence-electron chi connectivity index (χ4n) is 2.39. The van der Waals surface area contributed by atoms with Crippen LogP contribution in [0.4, 0.5) is 8.78 Å². The van der Waals surface area contributed by atoms with E-state index in [1.54, 1.807) is 0 Å². The van der Waals surface area contributed by atoms with Gasteiger partial charge in [-0.2, -0.15) is 0 Å². The van der Waals surface area contributed by atoms with Crippen LogP contribution >= 0.6 is 12.2 Å². The largest absolute Gasteiger partial charge is 0.493 e. The Kier molecular flexibility index (Phi) is 6.23. The molecule has 0 N–H and O–H groups in total. The molecule has 0 aliphatic carbocycles. The summed E-state index contributed by atoms with van der Waals surface area (Å²) in [4.78, 5) is 6.47. The molecule has 0 saturated carbocycles. The van der Waals surface area contributed by atoms with E-state index in [2.05, 4.69) is 27.3 Å². The zero-order valence-electron chi connectivity index (χ0n) is 11.7. The molecule has 1 saturated heterocycles. The van der Waals surface area contributed by atoms with Crippen LogP contribution in [0.3, 0.4) is 0 Å². The maximum Gasteiger partial charge on any atom is 0.162 e. The Balaban J connectivity index is 1.64. The molecule has 1 aliphatic rings. The van der Waals surface area contributed by atoms with Crippen LogP contribution in [-0.4, -0.2) is 42.3 Å². The number of hydrogen-bond donors (Lipinski definition) is 0. The van der Waals surface area contributed by atoms with Crippen molar-refractivity contribution < 1.29 is 13.5 Å². The van der Waals surface area contributed by atoms with E-state index in [9.17, 15) is 8.78 Å². The van der Waals surface area contributed by atoms with Gasteiger partial charge in [0, 0.05) is 25.7 Å². The zero-order valence-corrected chi connectivity index (χ0v) is 12.5. The minimum atomic E-state index is -0.881. The average Bonchev–Trinajstić information content (AvgIpc) is 2.49. The molecule has 1 heterocycles. The van der Waals surface area contributed by atoms with Crippen LogP contribution in [0, 0.1) is 11.6 Å². The summed E-state index contributed by atoms with van der Waals surface area (Å²) in [6, 6.07) is 3.90. The number of ether oxygens (including phenoxy) is 1. The Morgan fingerprint density at radius 2 is 2.05 bits per heavy atom. The highest BCUT2D eigenvalue weighted by Crippen LogP contribution is 2.16. The highest BCUT2D eigenvalue weighted by molar-refractivity contribution is 7.78. The molecule has 0 spiro atoms. The number of benzene rings is 1. The first kappa shape index (κ1) is 16.0. The fourth-order valence-corrected chi connectivity index (χ4v) is 2.54. The summed E-state index contributed by atoms with van der Waals surface area (Å²) < 4.78 is 31.2. The Labute approximate surface area is 128 Å². The highest BCUT2D eigenvalue weighted by atomic mass is 32.1. The Bertz CT molecular complexity index is 512. The number of nitrogens with zero attached hydrogens (tertiary/aromatic N) is 2. The van der Waals surface area contributed by atoms with E-state index in [0.717, 1.165) is 51.0 Å². The molecule has 6 heteroatoms. The topological polar surface area (TPSA) is 24.8 Å². The molecule has 1 aromatic carbocycles. The van der Waals surface area contributed by atoms with Crippen LogP contribution in [0.2, 0.25) is 0 Å². The van der Waals surface area contributed by atoms with Crippen LogP contribution in [0.1, 0.15) is 19.3 Å². The van der Waals surface area contributed by atoms with Crippen molar-refractivity contribution in [1.29, 1.82) is 0 Å². The third-order valence-corrected chi connectivity index (χ3v) is 3.68. The maximum atomic E-state index is 13.0. The Morgan fingerprint density at radius 1 is 1.29 bits per heavy atom. The molecule has 114 valence electrons. The second-order valence-corrected chi connectivity index (χ2v) is 5.25. The molecule has 1 aliphatic heterocycles. The molecule has 0 radical (unpaired) electrons. The molecule has 0 unspecified atom stereocenters. The lowest BCUT2D eigenvalue weighted by Gasteiger charge is -2.29. The van der Waals surface area contributed by atoms with Gasteiger partial charge in [0.25, 0.3) is 0 Å². The smallest absolute Gasteiger partial charge is 0.162 e. The number of rotatable bonds is 6. The number of thiocarbonyl (C=S) groups is 1. The van der Waals surface area contributed by atoms with E-state index in [0.29, 0.717) is 18.4 Å². The fraction of sp³-hybridized carbons (Fsp3) is 0.533. The van der Waals surface area contributed by atoms with Gasteiger partial charge in [-0.1, -0.05) is 0 Å². The molecule has 2 rings (SSSR count). The maximum absolute atomic E-state index is 13.0. The molecule has 0 amide bonds. The minimum Gasteiger partial charge on any atom is -0.493 e. The second kappa shape index (κ2) is 8.17. The lowest BCUT2D eigenvalue weighted by molar-refractivity contribution is 0.194. The number of likely N-dealkylation sites (tertiary alicyclic amines) is 1. The normalized spacial score (nSPS) is 16.5. The van der Waals surface area contributed by atoms with Crippen molar-refractivity contribution in [3.63, 3.8) is 0 Å². The number of isothiocyanates is 1. The van der Waals surface area contributed by atoms with Gasteiger partial charge in [-0.15, -0.1) is 0 Å². The third kappa shape index (κ3) is 5.16. The van der Waals surface area contributed by atoms with Gasteiger partial charge < -0.3 is 9.64 Å². The van der Waals surface area contributed by atoms with E-state index in [1.807, 2.05) is 0 Å². The first-order valence-electron chi connectivity index (χ1n) is 7.06. The van der Waals surface area contributed by atoms with Crippen LogP contribution in [0.15, 0.2) is 23.2 Å². The molecule has 0 aromatic heterocycles. The molecule has 1 aromatic rings. The van der Waals surface area contributed by atoms with E-state index >= 15 is 0 Å². The van der Waals surface area contributed by atoms with Crippen LogP contribution < -0.4 is 4.74 Å². The van der Waals surface area contributed by atoms with Crippen molar-refractivity contribution >= 4 is 17.4 Å². The summed E-state index contributed by atoms with van der Waals surface area (Å²) in [6.45, 7) is 3.41. The lowest BCUT2D eigenvalue weighted by atomic mass is 10.1. The van der Waals surface area contributed by atoms with E-state index in [-0.39, 0.29) is 0 Å². The monoisotopic (exact) mass is 312 g/mol. The van der Waals surface area contributed by atoms with Gasteiger partial charge in [-0.25, -0.2) is 13.8 Å². The predicted molar refractivity (Wildman–Crippen MR) is 81.0 cm³/mol. The van der Waals surface area contributed by atoms with Gasteiger partial charge in [-0.05, 0) is 43.6 Å². The molecule has 0 bridgehead atoms. The predicted octanol–water partition coefficient (Wildman–Crippen LogP) is 3.30. The van der Waals surface area contributed by atoms with Gasteiger partial charge in [0.1, 0.15) is 5.75 Å². The summed E-state index contributed by atoms with van der Waals surface area (Å²) in [7, 11) is 0. The third-order valence-electron chi connectivity index (χ3n) is 3.57. The summed E-state index contributed by atoms with van der Waals surface area (Å²) in [5.74, 6) is -1.37. The number of aliphatic imine (C=N–C) groups is 1. The average molecular weight is 312 g/mol. The van der Waals surface area contributed by atoms with E-state index < -0.39 is 11.6 Å². The quantitative estimate of drug-likeness (QED) is 0.458. The molecule has 0 atom stereocenters. The number of halogens is 2. The standard InChI is InChI=1S/C15H18F2N2OS/c16-14-3-2-13(10-15(14)17)20-9-1-6-19-7-4-12(5-8-19)18-11-21/h2-3,10,12H,1,4-9H2. The first-order valence-corrected chi connectivity index (χ1v) is 7.47. The van der Waals surface area contributed by atoms with Crippen molar-refractivity contribution in [2.75, 3.05) is 26.2 Å². The van der Waals surface area contributed by atoms with E-state index in [4.69, 9.17) is 4.74 Å². The van der Waals surface area contributed by atoms with Gasteiger partial charge >= 0.3 is 0 Å². The van der Waals surface area contributed by atoms with Gasteiger partial charge in [0.2, 0.25) is 0 Å². The van der Waals surface area contributed by atoms with Gasteiger partial charge in [-0.3, -0.25) is 0 Å². The van der Waals surface area contributed by atoms with Crippen molar-refractivity contribution in [1.82, 2.24) is 4.90 Å². The van der Waals surface area contributed by atoms with E-state index in [1.165, 1.54) is 6.07 Å². The molecule has 21 heavy (non-hydrogen) atoms. The van der Waals surface area contributed by atoms with Crippen molar-refractivity contribution in [2.45, 2.75) is 25.3 Å². The first-order chi connectivity index (χ1) is 10.2. The molecule has 3 nitrogen and oxygen atoms in total. The Morgan fingerprint density at radius 3 is 2.71 bits per heavy atom. The molecule has 1 fully saturated rings. The van der Waals surface area contributed by atoms with Crippen LogP contribution in [0.25, 0.3) is 0 Å². The second-order valence-electron chi connectivity index (χ2n) is 5.07. The summed E-state index contributed by atoms with van der Waals surface area (Å²) in [5, 5.41) is 2.44. The number of piperidine rings is 1. The minimum absolute atomic E-state index is 0.317. The summed E-state index contributed by atoms with van der Waals surface area (Å²) >= 11 is 4.61. The van der Waals surface area contributed by atoms with Crippen molar-refractivity contribution in [3.05, 3.63) is 29.8 Å². The SMILES string of the molecule is Fc1ccc(OCCCN2CCC(N=C=S)CC2)cc1F. The van der Waals surface area contributed by atoms with Crippen LogP contribution in [0.5, 0.6) is 5.75 Å². The summed E-state index contributed by atoms with van der Waals surface area (Å²) in [5.41, 5.74) is 0. The molecular weight excluding hydrogens is 294 g/mol. The van der Waals surface area contributed by atoms with Crippen molar-refractivity contribution in [3.8, 4) is 5.75 Å². The zero-order chi connectivity index (χ0) is 15.1. The van der Waals surface area contributed by atoms with Crippen molar-refractivity contribution in [2.24, 2.45) is 4.99 Å². The van der Waals surface area contributed by atoms with Gasteiger partial charge in [0.15, 0.2) is 11.6 Å². The lowest BCUT2D eigenvalue weighted by Crippen LogP contribution is -2.36. The molecular formula is C15H18F2N2OS. The Hall–Kier alpha value is -1.36. The van der Waals surface area contributed by atoms with Gasteiger partial charge in [0.05, 0.1) is 17.8 Å². The van der Waals surface area contributed by atoms with Crippen LogP contribution in [-0.2, 0) is 0 Å². The highest BCUT2D eigenvalue weighted by Gasteiger charge is 2.17. The summed E-state index contributed by atoms with van der Waals surface area (Å²) in [6.07, 6.45) is 2.86.